The minimum atomic E-state index is -0.356. The van der Waals surface area contributed by atoms with Crippen molar-refractivity contribution in [1.82, 2.24) is 0 Å². The average Bonchev–Trinajstić information content (AvgIpc) is 3.11. The summed E-state index contributed by atoms with van der Waals surface area (Å²) in [6.45, 7) is 7.40. The number of unbranched alkanes of at least 4 members (excludes halogenated alkanes) is 3. The van der Waals surface area contributed by atoms with Crippen LogP contribution in [0.2, 0.25) is 0 Å². The van der Waals surface area contributed by atoms with Crippen LogP contribution in [0.1, 0.15) is 101 Å². The Labute approximate surface area is 286 Å². The highest BCUT2D eigenvalue weighted by Crippen LogP contribution is 2.34. The molecule has 0 radical (unpaired) electrons. The van der Waals surface area contributed by atoms with E-state index >= 15 is 0 Å². The molecule has 48 heavy (non-hydrogen) atoms. The molecular formula is C41H52O7. The zero-order valence-corrected chi connectivity index (χ0v) is 28.4. The molecule has 0 saturated heterocycles. The first-order valence-corrected chi connectivity index (χ1v) is 17.9. The van der Waals surface area contributed by atoms with E-state index in [0.717, 1.165) is 94.6 Å². The highest BCUT2D eigenvalue weighted by atomic mass is 16.5. The summed E-state index contributed by atoms with van der Waals surface area (Å²) in [5.74, 6) is 1.43. The Kier molecular flexibility index (Phi) is 15.1. The molecular weight excluding hydrogens is 604 g/mol. The van der Waals surface area contributed by atoms with Crippen molar-refractivity contribution in [2.24, 2.45) is 23.7 Å². The third kappa shape index (κ3) is 12.6. The zero-order chi connectivity index (χ0) is 34.1. The molecule has 0 aromatic heterocycles. The van der Waals surface area contributed by atoms with Gasteiger partial charge in [0.25, 0.3) is 0 Å². The Morgan fingerprint density at radius 2 is 1.08 bits per heavy atom. The van der Waals surface area contributed by atoms with Gasteiger partial charge in [-0.25, -0.2) is 4.79 Å². The Morgan fingerprint density at radius 1 is 0.604 bits per heavy atom. The van der Waals surface area contributed by atoms with Crippen molar-refractivity contribution in [3.63, 3.8) is 0 Å². The van der Waals surface area contributed by atoms with Crippen molar-refractivity contribution in [1.29, 1.82) is 0 Å². The lowest BCUT2D eigenvalue weighted by Gasteiger charge is -2.27. The summed E-state index contributed by atoms with van der Waals surface area (Å²) in [6.07, 6.45) is 17.4. The molecule has 7 heteroatoms. The van der Waals surface area contributed by atoms with Crippen LogP contribution in [0.4, 0.5) is 0 Å². The van der Waals surface area contributed by atoms with Gasteiger partial charge in [-0.15, -0.1) is 0 Å². The van der Waals surface area contributed by atoms with Gasteiger partial charge in [0.1, 0.15) is 11.5 Å². The molecule has 7 nitrogen and oxygen atoms in total. The van der Waals surface area contributed by atoms with E-state index in [1.54, 1.807) is 0 Å². The van der Waals surface area contributed by atoms with E-state index in [2.05, 4.69) is 13.2 Å². The van der Waals surface area contributed by atoms with Gasteiger partial charge in [0, 0.05) is 12.5 Å². The smallest absolute Gasteiger partial charge is 0.330 e. The van der Waals surface area contributed by atoms with Crippen molar-refractivity contribution in [2.75, 3.05) is 6.61 Å². The van der Waals surface area contributed by atoms with E-state index in [9.17, 15) is 19.2 Å². The van der Waals surface area contributed by atoms with Crippen LogP contribution in [-0.4, -0.2) is 30.3 Å². The third-order valence-electron chi connectivity index (χ3n) is 9.98. The molecule has 0 spiro atoms. The topological polar surface area (TPSA) is 96.0 Å². The van der Waals surface area contributed by atoms with Crippen molar-refractivity contribution in [3.05, 3.63) is 85.0 Å². The van der Waals surface area contributed by atoms with Crippen LogP contribution in [0.5, 0.6) is 11.5 Å². The van der Waals surface area contributed by atoms with Gasteiger partial charge in [-0.3, -0.25) is 14.4 Å². The van der Waals surface area contributed by atoms with Crippen molar-refractivity contribution in [3.8, 4) is 11.5 Å². The molecule has 2 aromatic carbocycles. The zero-order valence-electron chi connectivity index (χ0n) is 28.4. The van der Waals surface area contributed by atoms with E-state index in [-0.39, 0.29) is 35.5 Å². The monoisotopic (exact) mass is 656 g/mol. The molecule has 0 aliphatic heterocycles. The number of allylic oxidation sites excluding steroid dienone is 1. The number of carbonyl (C=O) groups is 4. The molecule has 0 heterocycles. The molecule has 0 amide bonds. The number of esters is 3. The van der Waals surface area contributed by atoms with E-state index in [4.69, 9.17) is 14.2 Å². The number of benzene rings is 2. The van der Waals surface area contributed by atoms with Gasteiger partial charge in [0.05, 0.1) is 18.4 Å². The Hall–Kier alpha value is -4.00. The second-order valence-electron chi connectivity index (χ2n) is 13.5. The first-order chi connectivity index (χ1) is 23.3. The maximum atomic E-state index is 12.8. The van der Waals surface area contributed by atoms with Crippen LogP contribution < -0.4 is 9.47 Å². The molecule has 0 unspecified atom stereocenters. The molecule has 258 valence electrons. The summed E-state index contributed by atoms with van der Waals surface area (Å²) in [4.78, 5) is 48.2. The second kappa shape index (κ2) is 19.7. The summed E-state index contributed by atoms with van der Waals surface area (Å²) in [5, 5.41) is 0. The predicted molar refractivity (Wildman–Crippen MR) is 187 cm³/mol. The number of hydrogen-bond acceptors (Lipinski definition) is 7. The summed E-state index contributed by atoms with van der Waals surface area (Å²) in [7, 11) is 0. The molecule has 0 bridgehead atoms. The molecule has 0 atom stereocenters. The van der Waals surface area contributed by atoms with Crippen LogP contribution in [0.25, 0.3) is 0 Å². The molecule has 0 N–H and O–H groups in total. The average molecular weight is 657 g/mol. The fourth-order valence-electron chi connectivity index (χ4n) is 6.91. The number of rotatable bonds is 18. The van der Waals surface area contributed by atoms with Gasteiger partial charge < -0.3 is 14.2 Å². The molecule has 4 rings (SSSR count). The second-order valence-corrected chi connectivity index (χ2v) is 13.5. The molecule has 2 fully saturated rings. The van der Waals surface area contributed by atoms with Gasteiger partial charge >= 0.3 is 17.9 Å². The summed E-state index contributed by atoms with van der Waals surface area (Å²) < 4.78 is 16.4. The predicted octanol–water partition coefficient (Wildman–Crippen LogP) is 8.72. The third-order valence-corrected chi connectivity index (χ3v) is 9.98. The van der Waals surface area contributed by atoms with Crippen LogP contribution in [0, 0.1) is 23.7 Å². The molecule has 2 saturated carbocycles. The van der Waals surface area contributed by atoms with Gasteiger partial charge in [-0.1, -0.05) is 63.1 Å². The number of ketones is 1. The van der Waals surface area contributed by atoms with Gasteiger partial charge in [-0.05, 0) is 124 Å². The minimum absolute atomic E-state index is 0.0305. The normalized spacial score (nSPS) is 20.7. The maximum absolute atomic E-state index is 12.8. The van der Waals surface area contributed by atoms with Crippen LogP contribution in [-0.2, 0) is 36.8 Å². The highest BCUT2D eigenvalue weighted by molar-refractivity contribution is 5.89. The standard InChI is InChI=1S/C41H52O7/c1-3-36(42)29-33-14-22-35(23-15-33)41(45)48-38-26-18-32(19-27-38)11-10-31-16-24-37(25-17-31)47-40(44)34-20-12-30(13-21-34)9-7-5-6-8-28-46-39(43)4-2/h3-4,16-19,24-27,30,33-35H,1-2,5-15,20-23,28-29H2. The molecule has 2 aliphatic rings. The van der Waals surface area contributed by atoms with Crippen molar-refractivity contribution < 1.29 is 33.4 Å². The maximum Gasteiger partial charge on any atom is 0.330 e. The van der Waals surface area contributed by atoms with Crippen LogP contribution in [0.3, 0.4) is 0 Å². The number of ether oxygens (including phenoxy) is 3. The van der Waals surface area contributed by atoms with Gasteiger partial charge in [-0.2, -0.15) is 0 Å². The summed E-state index contributed by atoms with van der Waals surface area (Å²) in [6, 6.07) is 15.5. The number of aryl methyl sites for hydroxylation is 2. The Morgan fingerprint density at radius 3 is 1.56 bits per heavy atom. The summed E-state index contributed by atoms with van der Waals surface area (Å²) in [5.41, 5.74) is 2.31. The van der Waals surface area contributed by atoms with Crippen molar-refractivity contribution in [2.45, 2.75) is 103 Å². The Balaban J connectivity index is 1.09. The van der Waals surface area contributed by atoms with E-state index in [0.29, 0.717) is 36.4 Å². The number of hydrogen-bond donors (Lipinski definition) is 0. The summed E-state index contributed by atoms with van der Waals surface area (Å²) >= 11 is 0. The van der Waals surface area contributed by atoms with Crippen molar-refractivity contribution >= 4 is 23.7 Å². The van der Waals surface area contributed by atoms with Gasteiger partial charge in [0.15, 0.2) is 5.78 Å². The quantitative estimate of drug-likeness (QED) is 0.0685. The van der Waals surface area contributed by atoms with E-state index < -0.39 is 0 Å². The van der Waals surface area contributed by atoms with E-state index in [1.165, 1.54) is 25.0 Å². The molecule has 2 aliphatic carbocycles. The largest absolute Gasteiger partial charge is 0.463 e. The van der Waals surface area contributed by atoms with E-state index in [1.807, 2.05) is 48.5 Å². The lowest BCUT2D eigenvalue weighted by Crippen LogP contribution is -2.26. The minimum Gasteiger partial charge on any atom is -0.463 e. The van der Waals surface area contributed by atoms with Gasteiger partial charge in [0.2, 0.25) is 0 Å². The lowest BCUT2D eigenvalue weighted by atomic mass is 9.80. The first-order valence-electron chi connectivity index (χ1n) is 17.9. The molecule has 2 aromatic rings. The SMILES string of the molecule is C=CC(=O)CC1CCC(C(=O)Oc2ccc(CCc3ccc(OC(=O)C4CCC(CCCCCCOC(=O)C=C)CC4)cc3)cc2)CC1. The number of carbonyl (C=O) groups excluding carboxylic acids is 4. The Bertz CT molecular complexity index is 1340. The fourth-order valence-corrected chi connectivity index (χ4v) is 6.91. The highest BCUT2D eigenvalue weighted by Gasteiger charge is 2.29. The lowest BCUT2D eigenvalue weighted by molar-refractivity contribution is -0.141. The fraction of sp³-hybridized carbons (Fsp3) is 0.512. The first kappa shape index (κ1) is 36.8. The van der Waals surface area contributed by atoms with Crippen LogP contribution >= 0.6 is 0 Å². The van der Waals surface area contributed by atoms with Crippen LogP contribution in [0.15, 0.2) is 73.8 Å².